The maximum Gasteiger partial charge on any atom is 0.160 e. The molecule has 0 spiro atoms. The molecule has 10 aromatic heterocycles. The number of rotatable bonds is 15. The van der Waals surface area contributed by atoms with Crippen LogP contribution in [-0.2, 0) is 73.4 Å². The molecule has 21 N–H and O–H groups in total. The smallest absolute Gasteiger partial charge is 0.160 e. The molecule has 12 rings (SSSR count). The number of amidine groups is 3. The number of alkyl halides is 3. The van der Waals surface area contributed by atoms with Crippen molar-refractivity contribution in [3.05, 3.63) is 226 Å². The molecule has 0 saturated heterocycles. The van der Waals surface area contributed by atoms with Crippen molar-refractivity contribution in [3.8, 4) is 36.4 Å². The second kappa shape index (κ2) is 56.0. The third kappa shape index (κ3) is 34.0. The number of nitrogens with two attached hydrogens (primary N) is 9. The van der Waals surface area contributed by atoms with E-state index in [9.17, 15) is 0 Å². The van der Waals surface area contributed by atoms with E-state index in [0.29, 0.717) is 78.3 Å². The summed E-state index contributed by atoms with van der Waals surface area (Å²) >= 11 is 33.3. The van der Waals surface area contributed by atoms with Crippen molar-refractivity contribution in [3.63, 3.8) is 0 Å². The molecule has 0 aliphatic heterocycles. The van der Waals surface area contributed by atoms with Crippen LogP contribution >= 0.6 is 144 Å². The van der Waals surface area contributed by atoms with Gasteiger partial charge in [0.1, 0.15) is 0 Å². The predicted octanol–water partition coefficient (Wildman–Crippen LogP) is 12.8. The Bertz CT molecular complexity index is 4970. The second-order valence-corrected chi connectivity index (χ2v) is 26.9. The van der Waals surface area contributed by atoms with E-state index in [0.717, 1.165) is 121 Å². The fourth-order valence-electron chi connectivity index (χ4n) is 9.92. The fraction of sp³-hybridized carbons (Fsp3) is 0.162. The molecular formula is C74H74Cl6N28S6. The Kier molecular flexibility index (Phi) is 49.5. The second-order valence-electron chi connectivity index (χ2n) is 21.6. The topological polar surface area (TPSA) is 577 Å². The van der Waals surface area contributed by atoms with Gasteiger partial charge in [0.2, 0.25) is 0 Å². The van der Waals surface area contributed by atoms with Crippen molar-refractivity contribution in [2.24, 2.45) is 51.6 Å². The summed E-state index contributed by atoms with van der Waals surface area (Å²) in [5, 5.41) is 82.8. The molecule has 28 nitrogen and oxygen atoms in total. The molecule has 0 unspecified atom stereocenters. The van der Waals surface area contributed by atoms with Crippen LogP contribution in [0.5, 0.6) is 0 Å². The van der Waals surface area contributed by atoms with Gasteiger partial charge in [0, 0.05) is 105 Å². The van der Waals surface area contributed by atoms with Crippen LogP contribution in [0, 0.1) is 84.2 Å². The third-order valence-corrected chi connectivity index (χ3v) is 17.4. The Morgan fingerprint density at radius 2 is 0.605 bits per heavy atom. The number of thioether (sulfide) groups is 3. The van der Waals surface area contributed by atoms with Gasteiger partial charge in [0.05, 0.1) is 133 Å². The first kappa shape index (κ1) is 101. The van der Waals surface area contributed by atoms with E-state index in [1.165, 1.54) is 35.3 Å². The predicted molar refractivity (Wildman–Crippen MR) is 481 cm³/mol. The lowest BCUT2D eigenvalue weighted by molar-refractivity contribution is 1.10. The fourth-order valence-corrected chi connectivity index (χ4v) is 12.3. The van der Waals surface area contributed by atoms with Crippen molar-refractivity contribution in [1.29, 1.82) is 47.8 Å². The number of nitriles is 6. The van der Waals surface area contributed by atoms with Crippen LogP contribution in [0.15, 0.2) is 159 Å². The minimum Gasteiger partial charge on any atom is -0.379 e. The number of benzene rings is 2. The van der Waals surface area contributed by atoms with Gasteiger partial charge in [-0.3, -0.25) is 46.1 Å². The van der Waals surface area contributed by atoms with E-state index in [-0.39, 0.29) is 74.5 Å². The van der Waals surface area contributed by atoms with Gasteiger partial charge in [-0.25, -0.2) is 19.9 Å². The zero-order valence-corrected chi connectivity index (χ0v) is 69.8. The van der Waals surface area contributed by atoms with Crippen LogP contribution in [0.25, 0.3) is 65.4 Å². The molecule has 12 aromatic rings. The number of pyridine rings is 10. The summed E-state index contributed by atoms with van der Waals surface area (Å²) in [5.74, 6) is 2.61. The van der Waals surface area contributed by atoms with Crippen molar-refractivity contribution in [2.45, 2.75) is 73.4 Å². The highest BCUT2D eigenvalue weighted by Crippen LogP contribution is 2.28. The average Bonchev–Trinajstić information content (AvgIpc) is 0.853. The van der Waals surface area contributed by atoms with E-state index in [4.69, 9.17) is 99.8 Å². The van der Waals surface area contributed by atoms with Crippen LogP contribution in [0.2, 0.25) is 0 Å². The van der Waals surface area contributed by atoms with Crippen LogP contribution in [-0.4, -0.2) is 80.7 Å². The standard InChI is InChI=1S/C13H12N4S.C12H9ClN2.2C12H11N5S.2C11H8ClN3.3CH4N2S.3ClH/c14-6-5-11-10-4-2-1-3-9(10)7-17-12(11)8-18-13(15)16;13-7-12-11(5-6-14)10-4-2-1-3-9(10)8-15-12;13-4-3-9-8(7-18-12(14)15)6-17-11-10(9)2-1-5-16-11;13-4-3-9-8-2-1-5-16-10(8)6-17-11(9)7-18-12(14)15;12-6-8-7-15-11-10(2-1-5-14-11)9(8)3-4-13;12-6-10-9(3-4-13)8-2-1-5-14-11(8)7-15-10;3*2-1(3)4;;;/h1-4,7H,5,8H2,(H3,15,16);1-4,8H,5,7H2;2*1-2,5-6H,3,7H2,(H3,14,15);2*1-2,5,7H,3,6H2;3*(H4,2,3,4);3*1H. The Hall–Kier alpha value is -11.3. The quantitative estimate of drug-likeness (QED) is 0.0196. The van der Waals surface area contributed by atoms with E-state index < -0.39 is 0 Å². The average molecular weight is 1760 g/mol. The van der Waals surface area contributed by atoms with E-state index >= 15 is 0 Å². The van der Waals surface area contributed by atoms with Crippen molar-refractivity contribution >= 4 is 240 Å². The minimum absolute atomic E-state index is 0. The molecule has 0 saturated carbocycles. The van der Waals surface area contributed by atoms with Gasteiger partial charge in [-0.2, -0.15) is 31.6 Å². The summed E-state index contributed by atoms with van der Waals surface area (Å²) in [6.07, 6.45) is 19.1. The number of nitrogens with one attached hydrogen (secondary N) is 3. The lowest BCUT2D eigenvalue weighted by Gasteiger charge is -2.09. The number of hydrogen-bond acceptors (Lipinski definition) is 25. The monoisotopic (exact) mass is 1760 g/mol. The van der Waals surface area contributed by atoms with Gasteiger partial charge in [-0.15, -0.1) is 72.0 Å². The van der Waals surface area contributed by atoms with Crippen molar-refractivity contribution in [2.75, 3.05) is 0 Å². The Balaban J connectivity index is 0.000000661. The normalized spacial score (nSPS) is 9.45. The minimum atomic E-state index is 0. The van der Waals surface area contributed by atoms with E-state index in [1.54, 1.807) is 62.0 Å². The van der Waals surface area contributed by atoms with Crippen LogP contribution in [0.3, 0.4) is 0 Å². The molecule has 0 atom stereocenters. The number of nitrogens with zero attached hydrogens (tertiary/aromatic N) is 16. The summed E-state index contributed by atoms with van der Waals surface area (Å²) in [7, 11) is 0. The first-order valence-corrected chi connectivity index (χ1v) is 37.8. The van der Waals surface area contributed by atoms with Crippen LogP contribution in [0.4, 0.5) is 0 Å². The largest absolute Gasteiger partial charge is 0.379 e. The number of halogens is 6. The molecule has 0 radical (unpaired) electrons. The van der Waals surface area contributed by atoms with Gasteiger partial charge in [0.15, 0.2) is 42.1 Å². The SMILES string of the molecule is Cl.Cl.Cl.N#CCc1c(CCl)cnc2ncccc12.N#CCc1c(CCl)ncc2ccccc12.N#CCc1c(CCl)ncc2ncccc12.N#CCc1c(CSC(=N)N)cnc2ncccc12.N#CCc1c(CSC(=N)N)ncc2ccccc12.N#CCc1c(CSC(=N)N)ncc2ncccc12.NC(N)=S.NC(N)=S.NC(N)=S. The highest BCUT2D eigenvalue weighted by atomic mass is 35.5. The van der Waals surface area contributed by atoms with Crippen LogP contribution < -0.4 is 51.6 Å². The summed E-state index contributed by atoms with van der Waals surface area (Å²) in [5.41, 5.74) is 57.1. The Labute approximate surface area is 719 Å². The van der Waals surface area contributed by atoms with Gasteiger partial charge >= 0.3 is 0 Å². The highest BCUT2D eigenvalue weighted by molar-refractivity contribution is 8.13. The summed E-state index contributed by atoms with van der Waals surface area (Å²) in [6, 6.07) is 43.7. The molecule has 0 bridgehead atoms. The summed E-state index contributed by atoms with van der Waals surface area (Å²) in [6.45, 7) is 0. The maximum atomic E-state index is 8.93. The zero-order valence-electron chi connectivity index (χ0n) is 60.2. The summed E-state index contributed by atoms with van der Waals surface area (Å²) < 4.78 is 0. The third-order valence-electron chi connectivity index (χ3n) is 14.4. The molecule has 114 heavy (non-hydrogen) atoms. The highest BCUT2D eigenvalue weighted by Gasteiger charge is 2.15. The first-order valence-electron chi connectivity index (χ1n) is 32.0. The van der Waals surface area contributed by atoms with Crippen molar-refractivity contribution < 1.29 is 0 Å². The number of thiocarbonyl (C=S) groups is 3. The van der Waals surface area contributed by atoms with Crippen molar-refractivity contribution in [1.82, 2.24) is 49.8 Å². The number of aromatic nitrogens is 10. The van der Waals surface area contributed by atoms with Gasteiger partial charge < -0.3 is 51.6 Å². The Morgan fingerprint density at radius 3 is 0.974 bits per heavy atom. The molecule has 40 heteroatoms. The zero-order chi connectivity index (χ0) is 81.6. The maximum absolute atomic E-state index is 8.93. The van der Waals surface area contributed by atoms with E-state index in [2.05, 4.69) is 157 Å². The van der Waals surface area contributed by atoms with Crippen LogP contribution in [0.1, 0.15) is 67.3 Å². The lowest BCUT2D eigenvalue weighted by atomic mass is 10.0. The first-order chi connectivity index (χ1) is 53.4. The molecule has 2 aromatic carbocycles. The molecule has 0 aliphatic rings. The number of hydrogen-bond donors (Lipinski definition) is 12. The lowest BCUT2D eigenvalue weighted by Crippen LogP contribution is -2.18. The molecule has 0 fully saturated rings. The molecule has 0 aliphatic carbocycles. The number of fused-ring (bicyclic) bond motifs is 6. The van der Waals surface area contributed by atoms with Gasteiger partial charge in [-0.05, 0) is 128 Å². The Morgan fingerprint density at radius 1 is 0.325 bits per heavy atom. The molecular weight excluding hydrogens is 1690 g/mol. The molecule has 588 valence electrons. The van der Waals surface area contributed by atoms with E-state index in [1.807, 2.05) is 97.1 Å². The summed E-state index contributed by atoms with van der Waals surface area (Å²) in [4.78, 5) is 42.3. The molecule has 10 heterocycles. The van der Waals surface area contributed by atoms with Gasteiger partial charge in [0.25, 0.3) is 0 Å². The molecule has 0 amide bonds. The van der Waals surface area contributed by atoms with Gasteiger partial charge in [-0.1, -0.05) is 95.9 Å².